The van der Waals surface area contributed by atoms with Crippen LogP contribution in [0.25, 0.3) is 0 Å². The Morgan fingerprint density at radius 3 is 2.61 bits per heavy atom. The van der Waals surface area contributed by atoms with E-state index in [0.29, 0.717) is 19.6 Å². The number of rotatable bonds is 5. The molecule has 0 aliphatic heterocycles. The van der Waals surface area contributed by atoms with Gasteiger partial charge >= 0.3 is 0 Å². The summed E-state index contributed by atoms with van der Waals surface area (Å²) in [5.74, 6) is 0.0811. The second-order valence-corrected chi connectivity index (χ2v) is 6.44. The van der Waals surface area contributed by atoms with Crippen molar-refractivity contribution < 1.29 is 4.79 Å². The third-order valence-corrected chi connectivity index (χ3v) is 3.58. The van der Waals surface area contributed by atoms with Crippen LogP contribution in [0.1, 0.15) is 31.1 Å². The van der Waals surface area contributed by atoms with Crippen molar-refractivity contribution in [2.24, 2.45) is 11.1 Å². The van der Waals surface area contributed by atoms with Crippen LogP contribution in [0.4, 0.5) is 0 Å². The van der Waals surface area contributed by atoms with Crippen LogP contribution >= 0.6 is 22.6 Å². The van der Waals surface area contributed by atoms with Gasteiger partial charge in [0.15, 0.2) is 0 Å². The van der Waals surface area contributed by atoms with Crippen molar-refractivity contribution in [2.45, 2.75) is 20.8 Å². The molecular weight excluding hydrogens is 339 g/mol. The number of carbonyl (C=O) groups excluding carboxylic acids is 1. The number of amides is 1. The second kappa shape index (κ2) is 6.52. The van der Waals surface area contributed by atoms with Crippen molar-refractivity contribution >= 4 is 28.5 Å². The Bertz CT molecular complexity index is 418. The number of benzene rings is 1. The van der Waals surface area contributed by atoms with Crippen molar-refractivity contribution in [3.05, 3.63) is 33.4 Å². The SMILES string of the molecule is CCN(CC(C)(C)CN)C(=O)c1cccc(I)c1. The van der Waals surface area contributed by atoms with Crippen molar-refractivity contribution in [1.29, 1.82) is 0 Å². The lowest BCUT2D eigenvalue weighted by molar-refractivity contribution is 0.0701. The van der Waals surface area contributed by atoms with E-state index in [1.54, 1.807) is 0 Å². The molecule has 0 heterocycles. The summed E-state index contributed by atoms with van der Waals surface area (Å²) in [5, 5.41) is 0. The van der Waals surface area contributed by atoms with Gasteiger partial charge in [-0.05, 0) is 59.7 Å². The van der Waals surface area contributed by atoms with E-state index in [1.165, 1.54) is 0 Å². The van der Waals surface area contributed by atoms with Crippen LogP contribution in [0.2, 0.25) is 0 Å². The van der Waals surface area contributed by atoms with E-state index in [0.717, 1.165) is 9.13 Å². The minimum atomic E-state index is -0.0480. The van der Waals surface area contributed by atoms with Gasteiger partial charge < -0.3 is 10.6 Å². The van der Waals surface area contributed by atoms with E-state index in [1.807, 2.05) is 36.1 Å². The Morgan fingerprint density at radius 2 is 2.11 bits per heavy atom. The van der Waals surface area contributed by atoms with Gasteiger partial charge in [-0.3, -0.25) is 4.79 Å². The van der Waals surface area contributed by atoms with Gasteiger partial charge in [-0.2, -0.15) is 0 Å². The molecule has 0 spiro atoms. The summed E-state index contributed by atoms with van der Waals surface area (Å²) < 4.78 is 1.08. The maximum absolute atomic E-state index is 12.4. The largest absolute Gasteiger partial charge is 0.338 e. The van der Waals surface area contributed by atoms with Crippen LogP contribution in [0.5, 0.6) is 0 Å². The van der Waals surface area contributed by atoms with Crippen LogP contribution in [0, 0.1) is 8.99 Å². The molecule has 100 valence electrons. The summed E-state index contributed by atoms with van der Waals surface area (Å²) >= 11 is 2.22. The number of nitrogens with two attached hydrogens (primary N) is 1. The minimum absolute atomic E-state index is 0.0480. The first kappa shape index (κ1) is 15.4. The van der Waals surface area contributed by atoms with Gasteiger partial charge in [0.2, 0.25) is 0 Å². The van der Waals surface area contributed by atoms with E-state index in [9.17, 15) is 4.79 Å². The zero-order valence-corrected chi connectivity index (χ0v) is 13.4. The summed E-state index contributed by atoms with van der Waals surface area (Å²) in [7, 11) is 0. The normalized spacial score (nSPS) is 11.4. The van der Waals surface area contributed by atoms with Crippen molar-refractivity contribution in [3.8, 4) is 0 Å². The quantitative estimate of drug-likeness (QED) is 0.821. The number of nitrogens with zero attached hydrogens (tertiary/aromatic N) is 1. The molecule has 0 saturated carbocycles. The average Bonchev–Trinajstić information content (AvgIpc) is 2.35. The molecule has 2 N–H and O–H groups in total. The molecule has 0 unspecified atom stereocenters. The molecule has 0 fully saturated rings. The molecule has 0 aliphatic rings. The van der Waals surface area contributed by atoms with E-state index in [4.69, 9.17) is 5.73 Å². The molecule has 1 amide bonds. The molecular formula is C14H21IN2O. The molecule has 0 atom stereocenters. The van der Waals surface area contributed by atoms with E-state index >= 15 is 0 Å². The molecule has 0 radical (unpaired) electrons. The third kappa shape index (κ3) is 4.24. The number of hydrogen-bond acceptors (Lipinski definition) is 2. The van der Waals surface area contributed by atoms with Gasteiger partial charge in [-0.1, -0.05) is 19.9 Å². The van der Waals surface area contributed by atoms with Crippen LogP contribution in [-0.4, -0.2) is 30.4 Å². The highest BCUT2D eigenvalue weighted by atomic mass is 127. The zero-order valence-electron chi connectivity index (χ0n) is 11.2. The van der Waals surface area contributed by atoms with Crippen molar-refractivity contribution in [3.63, 3.8) is 0 Å². The van der Waals surface area contributed by atoms with Gasteiger partial charge in [0, 0.05) is 22.2 Å². The lowest BCUT2D eigenvalue weighted by Crippen LogP contribution is -2.42. The monoisotopic (exact) mass is 360 g/mol. The zero-order chi connectivity index (χ0) is 13.8. The van der Waals surface area contributed by atoms with Gasteiger partial charge in [0.1, 0.15) is 0 Å². The lowest BCUT2D eigenvalue weighted by Gasteiger charge is -2.31. The number of halogens is 1. The van der Waals surface area contributed by atoms with Crippen molar-refractivity contribution in [1.82, 2.24) is 4.90 Å². The van der Waals surface area contributed by atoms with Crippen LogP contribution < -0.4 is 5.73 Å². The Morgan fingerprint density at radius 1 is 1.44 bits per heavy atom. The number of hydrogen-bond donors (Lipinski definition) is 1. The number of carbonyl (C=O) groups is 1. The first-order valence-corrected chi connectivity index (χ1v) is 7.22. The third-order valence-electron chi connectivity index (χ3n) is 2.91. The van der Waals surface area contributed by atoms with Crippen molar-refractivity contribution in [2.75, 3.05) is 19.6 Å². The Kier molecular flexibility index (Phi) is 5.59. The molecule has 1 aromatic carbocycles. The fourth-order valence-electron chi connectivity index (χ4n) is 1.71. The predicted octanol–water partition coefficient (Wildman–Crippen LogP) is 2.74. The molecule has 18 heavy (non-hydrogen) atoms. The van der Waals surface area contributed by atoms with Crippen LogP contribution in [0.3, 0.4) is 0 Å². The summed E-state index contributed by atoms with van der Waals surface area (Å²) in [5.41, 5.74) is 6.43. The Labute approximate surface area is 123 Å². The fraction of sp³-hybridized carbons (Fsp3) is 0.500. The predicted molar refractivity (Wildman–Crippen MR) is 83.6 cm³/mol. The summed E-state index contributed by atoms with van der Waals surface area (Å²) in [4.78, 5) is 14.3. The molecule has 1 aromatic rings. The molecule has 1 rings (SSSR count). The fourth-order valence-corrected chi connectivity index (χ4v) is 2.26. The van der Waals surface area contributed by atoms with E-state index in [2.05, 4.69) is 36.4 Å². The first-order valence-electron chi connectivity index (χ1n) is 6.14. The highest BCUT2D eigenvalue weighted by Gasteiger charge is 2.23. The molecule has 0 bridgehead atoms. The molecule has 0 saturated heterocycles. The van der Waals surface area contributed by atoms with Crippen LogP contribution in [-0.2, 0) is 0 Å². The van der Waals surface area contributed by atoms with Crippen LogP contribution in [0.15, 0.2) is 24.3 Å². The maximum atomic E-state index is 12.4. The average molecular weight is 360 g/mol. The summed E-state index contributed by atoms with van der Waals surface area (Å²) in [6.45, 7) is 8.12. The summed E-state index contributed by atoms with van der Waals surface area (Å²) in [6.07, 6.45) is 0. The molecule has 4 heteroatoms. The lowest BCUT2D eigenvalue weighted by atomic mass is 9.93. The highest BCUT2D eigenvalue weighted by Crippen LogP contribution is 2.17. The van der Waals surface area contributed by atoms with Gasteiger partial charge in [-0.25, -0.2) is 0 Å². The second-order valence-electron chi connectivity index (χ2n) is 5.20. The smallest absolute Gasteiger partial charge is 0.253 e. The van der Waals surface area contributed by atoms with Gasteiger partial charge in [0.05, 0.1) is 0 Å². The Hall–Kier alpha value is -0.620. The van der Waals surface area contributed by atoms with Gasteiger partial charge in [-0.15, -0.1) is 0 Å². The van der Waals surface area contributed by atoms with Gasteiger partial charge in [0.25, 0.3) is 5.91 Å². The maximum Gasteiger partial charge on any atom is 0.253 e. The topological polar surface area (TPSA) is 46.3 Å². The van der Waals surface area contributed by atoms with E-state index < -0.39 is 0 Å². The standard InChI is InChI=1S/C14H21IN2O/c1-4-17(10-14(2,3)9-16)13(18)11-6-5-7-12(15)8-11/h5-8H,4,9-10,16H2,1-3H3. The first-order chi connectivity index (χ1) is 8.39. The minimum Gasteiger partial charge on any atom is -0.338 e. The summed E-state index contributed by atoms with van der Waals surface area (Å²) in [6, 6.07) is 7.68. The van der Waals surface area contributed by atoms with E-state index in [-0.39, 0.29) is 11.3 Å². The highest BCUT2D eigenvalue weighted by molar-refractivity contribution is 14.1. The molecule has 0 aromatic heterocycles. The molecule has 3 nitrogen and oxygen atoms in total. The Balaban J connectivity index is 2.86. The molecule has 0 aliphatic carbocycles.